The van der Waals surface area contributed by atoms with E-state index in [2.05, 4.69) is 5.32 Å². The lowest BCUT2D eigenvalue weighted by molar-refractivity contribution is -0.128. The largest absolute Gasteiger partial charge is 0.481 e. The van der Waals surface area contributed by atoms with Crippen molar-refractivity contribution < 1.29 is 14.3 Å². The lowest BCUT2D eigenvalue weighted by Gasteiger charge is -2.32. The molecule has 1 aliphatic carbocycles. The van der Waals surface area contributed by atoms with E-state index >= 15 is 0 Å². The molecule has 1 amide bonds. The predicted octanol–water partition coefficient (Wildman–Crippen LogP) is 2.29. The number of nitrogens with two attached hydrogens (primary N) is 1. The molecule has 1 aliphatic rings. The summed E-state index contributed by atoms with van der Waals surface area (Å²) in [7, 11) is 0. The van der Waals surface area contributed by atoms with Gasteiger partial charge >= 0.3 is 0 Å². The second-order valence-electron chi connectivity index (χ2n) is 6.24. The van der Waals surface area contributed by atoms with E-state index in [0.29, 0.717) is 23.8 Å². The van der Waals surface area contributed by atoms with Gasteiger partial charge in [0.05, 0.1) is 0 Å². The van der Waals surface area contributed by atoms with Crippen molar-refractivity contribution in [1.29, 1.82) is 0 Å². The molecule has 1 aromatic rings. The molecule has 0 saturated heterocycles. The topological polar surface area (TPSA) is 81.4 Å². The molecule has 5 heteroatoms. The molecule has 0 spiro atoms. The van der Waals surface area contributed by atoms with Gasteiger partial charge in [-0.05, 0) is 51.3 Å². The zero-order chi connectivity index (χ0) is 16.8. The van der Waals surface area contributed by atoms with Crippen LogP contribution in [0.15, 0.2) is 24.3 Å². The number of ketones is 1. The Morgan fingerprint density at radius 2 is 2.09 bits per heavy atom. The third-order valence-electron chi connectivity index (χ3n) is 4.46. The Morgan fingerprint density at radius 3 is 2.78 bits per heavy atom. The van der Waals surface area contributed by atoms with Gasteiger partial charge in [0.15, 0.2) is 11.9 Å². The van der Waals surface area contributed by atoms with Crippen molar-refractivity contribution in [3.05, 3.63) is 29.8 Å². The Morgan fingerprint density at radius 1 is 1.35 bits per heavy atom. The molecular weight excluding hydrogens is 292 g/mol. The Labute approximate surface area is 137 Å². The third kappa shape index (κ3) is 4.79. The van der Waals surface area contributed by atoms with Crippen LogP contribution in [0.5, 0.6) is 5.75 Å². The van der Waals surface area contributed by atoms with Gasteiger partial charge in [-0.25, -0.2) is 0 Å². The Kier molecular flexibility index (Phi) is 6.16. The predicted molar refractivity (Wildman–Crippen MR) is 89.5 cm³/mol. The van der Waals surface area contributed by atoms with Gasteiger partial charge in [0, 0.05) is 11.6 Å². The van der Waals surface area contributed by atoms with E-state index in [1.165, 1.54) is 13.3 Å². The van der Waals surface area contributed by atoms with Crippen LogP contribution in [0.1, 0.15) is 49.9 Å². The van der Waals surface area contributed by atoms with Gasteiger partial charge in [0.25, 0.3) is 5.91 Å². The first kappa shape index (κ1) is 17.5. The minimum Gasteiger partial charge on any atom is -0.481 e. The maximum atomic E-state index is 12.4. The number of amides is 1. The number of hydrogen-bond acceptors (Lipinski definition) is 4. The fraction of sp³-hybridized carbons (Fsp3) is 0.556. The smallest absolute Gasteiger partial charge is 0.261 e. The van der Waals surface area contributed by atoms with Gasteiger partial charge in [0.2, 0.25) is 0 Å². The zero-order valence-corrected chi connectivity index (χ0v) is 13.9. The normalized spacial score (nSPS) is 22.2. The van der Waals surface area contributed by atoms with Gasteiger partial charge in [-0.3, -0.25) is 9.59 Å². The second-order valence-corrected chi connectivity index (χ2v) is 6.24. The average molecular weight is 318 g/mol. The van der Waals surface area contributed by atoms with Crippen molar-refractivity contribution in [2.24, 2.45) is 11.7 Å². The number of rotatable bonds is 6. The lowest BCUT2D eigenvalue weighted by atomic mass is 9.84. The molecule has 2 rings (SSSR count). The van der Waals surface area contributed by atoms with Crippen LogP contribution in [0.3, 0.4) is 0 Å². The van der Waals surface area contributed by atoms with E-state index < -0.39 is 6.10 Å². The van der Waals surface area contributed by atoms with Gasteiger partial charge < -0.3 is 15.8 Å². The molecule has 3 atom stereocenters. The van der Waals surface area contributed by atoms with Crippen molar-refractivity contribution in [2.75, 3.05) is 6.54 Å². The molecule has 1 saturated carbocycles. The average Bonchev–Trinajstić information content (AvgIpc) is 2.55. The molecule has 0 aromatic heterocycles. The first-order chi connectivity index (χ1) is 11.0. The molecule has 0 heterocycles. The quantitative estimate of drug-likeness (QED) is 0.789. The van der Waals surface area contributed by atoms with Crippen LogP contribution in [0.4, 0.5) is 0 Å². The summed E-state index contributed by atoms with van der Waals surface area (Å²) in [4.78, 5) is 23.8. The maximum Gasteiger partial charge on any atom is 0.261 e. The zero-order valence-electron chi connectivity index (χ0n) is 13.9. The summed E-state index contributed by atoms with van der Waals surface area (Å²) in [5.41, 5.74) is 6.37. The van der Waals surface area contributed by atoms with E-state index in [1.807, 2.05) is 0 Å². The summed E-state index contributed by atoms with van der Waals surface area (Å²) in [6.45, 7) is 3.82. The van der Waals surface area contributed by atoms with Crippen molar-refractivity contribution in [3.8, 4) is 5.75 Å². The fourth-order valence-corrected chi connectivity index (χ4v) is 3.03. The van der Waals surface area contributed by atoms with Crippen LogP contribution in [0, 0.1) is 5.92 Å². The number of Topliss-reactive ketones (excluding diaryl/α,β-unsaturated/α-hetero) is 1. The molecule has 0 bridgehead atoms. The molecule has 5 nitrogen and oxygen atoms in total. The monoisotopic (exact) mass is 318 g/mol. The van der Waals surface area contributed by atoms with Gasteiger partial charge in [-0.2, -0.15) is 0 Å². The Hall–Kier alpha value is -1.88. The lowest BCUT2D eigenvalue weighted by Crippen LogP contribution is -2.48. The molecule has 1 fully saturated rings. The maximum absolute atomic E-state index is 12.4. The van der Waals surface area contributed by atoms with E-state index in [0.717, 1.165) is 19.3 Å². The van der Waals surface area contributed by atoms with E-state index in [1.54, 1.807) is 31.2 Å². The minimum atomic E-state index is -0.613. The van der Waals surface area contributed by atoms with Gasteiger partial charge in [-0.15, -0.1) is 0 Å². The molecule has 0 radical (unpaired) electrons. The second kappa shape index (κ2) is 8.11. The molecular formula is C18H26N2O3. The van der Waals surface area contributed by atoms with Crippen molar-refractivity contribution in [1.82, 2.24) is 5.32 Å². The van der Waals surface area contributed by atoms with E-state index in [9.17, 15) is 9.59 Å². The van der Waals surface area contributed by atoms with E-state index in [-0.39, 0.29) is 17.7 Å². The minimum absolute atomic E-state index is 0.0273. The number of benzene rings is 1. The van der Waals surface area contributed by atoms with Crippen LogP contribution in [0.25, 0.3) is 0 Å². The molecule has 126 valence electrons. The summed E-state index contributed by atoms with van der Waals surface area (Å²) in [5.74, 6) is 0.712. The van der Waals surface area contributed by atoms with Crippen LogP contribution in [-0.2, 0) is 4.79 Å². The molecule has 1 aromatic carbocycles. The van der Waals surface area contributed by atoms with Crippen LogP contribution in [-0.4, -0.2) is 30.4 Å². The number of nitrogens with one attached hydrogen (secondary N) is 1. The highest BCUT2D eigenvalue weighted by atomic mass is 16.5. The van der Waals surface area contributed by atoms with Crippen LogP contribution in [0.2, 0.25) is 0 Å². The highest BCUT2D eigenvalue weighted by Crippen LogP contribution is 2.24. The number of hydrogen-bond donors (Lipinski definition) is 2. The highest BCUT2D eigenvalue weighted by molar-refractivity contribution is 5.94. The number of ether oxygens (including phenoxy) is 1. The Bertz CT molecular complexity index is 559. The third-order valence-corrected chi connectivity index (χ3v) is 4.46. The molecule has 23 heavy (non-hydrogen) atoms. The van der Waals surface area contributed by atoms with E-state index in [4.69, 9.17) is 10.5 Å². The summed E-state index contributed by atoms with van der Waals surface area (Å²) in [6.07, 6.45) is 3.73. The number of carbonyl (C=O) groups excluding carboxylic acids is 2. The molecule has 0 aliphatic heterocycles. The van der Waals surface area contributed by atoms with Crippen molar-refractivity contribution in [2.45, 2.75) is 51.7 Å². The molecule has 3 N–H and O–H groups in total. The standard InChI is InChI=1S/C18H26N2O3/c1-12(21)14-7-5-8-16(10-14)23-13(2)18(22)20-17-9-4-3-6-15(17)11-19/h5,7-8,10,13,15,17H,3-4,6,9,11,19H2,1-2H3,(H,20,22). The van der Waals surface area contributed by atoms with Crippen molar-refractivity contribution >= 4 is 11.7 Å². The first-order valence-electron chi connectivity index (χ1n) is 8.29. The van der Waals surface area contributed by atoms with Gasteiger partial charge in [-0.1, -0.05) is 25.0 Å². The SMILES string of the molecule is CC(=O)c1cccc(OC(C)C(=O)NC2CCCCC2CN)c1. The van der Waals surface area contributed by atoms with Crippen molar-refractivity contribution in [3.63, 3.8) is 0 Å². The highest BCUT2D eigenvalue weighted by Gasteiger charge is 2.27. The first-order valence-corrected chi connectivity index (χ1v) is 8.29. The van der Waals surface area contributed by atoms with Gasteiger partial charge in [0.1, 0.15) is 5.75 Å². The molecule has 3 unspecified atom stereocenters. The Balaban J connectivity index is 1.94. The summed E-state index contributed by atoms with van der Waals surface area (Å²) < 4.78 is 5.68. The fourth-order valence-electron chi connectivity index (χ4n) is 3.03. The number of carbonyl (C=O) groups is 2. The summed E-state index contributed by atoms with van der Waals surface area (Å²) >= 11 is 0. The van der Waals surface area contributed by atoms with Crippen LogP contribution >= 0.6 is 0 Å². The summed E-state index contributed by atoms with van der Waals surface area (Å²) in [6, 6.07) is 7.03. The van der Waals surface area contributed by atoms with Crippen LogP contribution < -0.4 is 15.8 Å². The summed E-state index contributed by atoms with van der Waals surface area (Å²) in [5, 5.41) is 3.07.